The van der Waals surface area contributed by atoms with Gasteiger partial charge in [-0.1, -0.05) is 30.3 Å². The molecule has 4 heteroatoms. The van der Waals surface area contributed by atoms with Gasteiger partial charge in [-0.3, -0.25) is 0 Å². The van der Waals surface area contributed by atoms with Crippen molar-refractivity contribution in [2.24, 2.45) is 0 Å². The highest BCUT2D eigenvalue weighted by Crippen LogP contribution is 2.21. The zero-order chi connectivity index (χ0) is 12.2. The van der Waals surface area contributed by atoms with E-state index in [2.05, 4.69) is 27.4 Å². The van der Waals surface area contributed by atoms with Crippen molar-refractivity contribution in [3.8, 4) is 11.1 Å². The summed E-state index contributed by atoms with van der Waals surface area (Å²) in [6, 6.07) is 12.2. The number of H-pyrrole nitrogens is 1. The highest BCUT2D eigenvalue weighted by Gasteiger charge is 2.04. The summed E-state index contributed by atoms with van der Waals surface area (Å²) in [5, 5.41) is 3.15. The Bertz CT molecular complexity index is 599. The number of anilines is 1. The summed E-state index contributed by atoms with van der Waals surface area (Å²) >= 11 is 0. The quantitative estimate of drug-likeness (QED) is 0.734. The van der Waals surface area contributed by atoms with Crippen LogP contribution < -0.4 is 5.32 Å². The van der Waals surface area contributed by atoms with Crippen LogP contribution in [-0.4, -0.2) is 9.97 Å². The third kappa shape index (κ3) is 2.27. The number of rotatable bonds is 4. The Morgan fingerprint density at radius 2 is 2.06 bits per heavy atom. The first-order chi connectivity index (χ1) is 8.92. The number of hydrogen-bond donors (Lipinski definition) is 2. The number of aromatic amines is 1. The van der Waals surface area contributed by atoms with Crippen molar-refractivity contribution in [2.45, 2.75) is 6.54 Å². The number of nitrogens with one attached hydrogen (secondary N) is 2. The van der Waals surface area contributed by atoms with Crippen LogP contribution in [0.25, 0.3) is 11.1 Å². The van der Waals surface area contributed by atoms with Crippen LogP contribution >= 0.6 is 0 Å². The molecular formula is C14H13N3O. The van der Waals surface area contributed by atoms with Gasteiger partial charge in [0.15, 0.2) is 5.95 Å². The lowest BCUT2D eigenvalue weighted by molar-refractivity contribution is 0.518. The lowest BCUT2D eigenvalue weighted by Gasteiger charge is -1.98. The van der Waals surface area contributed by atoms with Gasteiger partial charge in [-0.2, -0.15) is 0 Å². The Labute approximate surface area is 105 Å². The monoisotopic (exact) mass is 239 g/mol. The zero-order valence-electron chi connectivity index (χ0n) is 9.76. The average Bonchev–Trinajstić information content (AvgIpc) is 3.09. The number of imidazole rings is 1. The molecule has 0 spiro atoms. The SMILES string of the molecule is c1ccc(-c2coc(CNc3ncc[nH]3)c2)cc1. The van der Waals surface area contributed by atoms with Crippen LogP contribution in [0.5, 0.6) is 0 Å². The van der Waals surface area contributed by atoms with Gasteiger partial charge in [0, 0.05) is 18.0 Å². The Morgan fingerprint density at radius 1 is 1.17 bits per heavy atom. The van der Waals surface area contributed by atoms with Crippen molar-refractivity contribution >= 4 is 5.95 Å². The molecule has 0 aliphatic heterocycles. The fraction of sp³-hybridized carbons (Fsp3) is 0.0714. The highest BCUT2D eigenvalue weighted by atomic mass is 16.3. The first-order valence-corrected chi connectivity index (χ1v) is 5.78. The van der Waals surface area contributed by atoms with E-state index in [0.717, 1.165) is 22.8 Å². The van der Waals surface area contributed by atoms with Crippen molar-refractivity contribution in [2.75, 3.05) is 5.32 Å². The lowest BCUT2D eigenvalue weighted by atomic mass is 10.1. The van der Waals surface area contributed by atoms with Gasteiger partial charge in [0.25, 0.3) is 0 Å². The summed E-state index contributed by atoms with van der Waals surface area (Å²) in [5.41, 5.74) is 2.25. The molecule has 0 aliphatic carbocycles. The van der Waals surface area contributed by atoms with Gasteiger partial charge in [0.05, 0.1) is 12.8 Å². The zero-order valence-corrected chi connectivity index (χ0v) is 9.76. The molecule has 0 amide bonds. The average molecular weight is 239 g/mol. The standard InChI is InChI=1S/C14H13N3O/c1-2-4-11(5-3-1)12-8-13(18-10-12)9-17-14-15-6-7-16-14/h1-8,10H,9H2,(H2,15,16,17). The van der Waals surface area contributed by atoms with Gasteiger partial charge in [-0.05, 0) is 11.6 Å². The maximum Gasteiger partial charge on any atom is 0.200 e. The summed E-state index contributed by atoms with van der Waals surface area (Å²) in [4.78, 5) is 7.07. The number of aromatic nitrogens is 2. The summed E-state index contributed by atoms with van der Waals surface area (Å²) in [7, 11) is 0. The third-order valence-electron chi connectivity index (χ3n) is 2.69. The fourth-order valence-electron chi connectivity index (χ4n) is 1.79. The second kappa shape index (κ2) is 4.79. The first kappa shape index (κ1) is 10.7. The summed E-state index contributed by atoms with van der Waals surface area (Å²) in [5.74, 6) is 1.62. The van der Waals surface area contributed by atoms with Crippen molar-refractivity contribution in [1.82, 2.24) is 9.97 Å². The second-order valence-electron chi connectivity index (χ2n) is 3.96. The number of nitrogens with zero attached hydrogens (tertiary/aromatic N) is 1. The third-order valence-corrected chi connectivity index (χ3v) is 2.69. The molecule has 2 aromatic heterocycles. The van der Waals surface area contributed by atoms with E-state index in [4.69, 9.17) is 4.42 Å². The van der Waals surface area contributed by atoms with Crippen molar-refractivity contribution < 1.29 is 4.42 Å². The molecular weight excluding hydrogens is 226 g/mol. The Hall–Kier alpha value is -2.49. The topological polar surface area (TPSA) is 53.9 Å². The molecule has 0 aliphatic rings. The van der Waals surface area contributed by atoms with Crippen LogP contribution in [0.2, 0.25) is 0 Å². The first-order valence-electron chi connectivity index (χ1n) is 5.78. The van der Waals surface area contributed by atoms with E-state index in [9.17, 15) is 0 Å². The van der Waals surface area contributed by atoms with E-state index < -0.39 is 0 Å². The molecule has 0 saturated carbocycles. The lowest BCUT2D eigenvalue weighted by Crippen LogP contribution is -1.99. The molecule has 0 bridgehead atoms. The van der Waals surface area contributed by atoms with Crippen molar-refractivity contribution in [3.63, 3.8) is 0 Å². The molecule has 4 nitrogen and oxygen atoms in total. The molecule has 90 valence electrons. The van der Waals surface area contributed by atoms with Crippen LogP contribution in [0, 0.1) is 0 Å². The number of furan rings is 1. The van der Waals surface area contributed by atoms with Crippen molar-refractivity contribution in [3.05, 3.63) is 60.8 Å². The minimum absolute atomic E-state index is 0.611. The fourth-order valence-corrected chi connectivity index (χ4v) is 1.79. The second-order valence-corrected chi connectivity index (χ2v) is 3.96. The number of benzene rings is 1. The van der Waals surface area contributed by atoms with Crippen LogP contribution in [-0.2, 0) is 6.54 Å². The van der Waals surface area contributed by atoms with E-state index in [1.54, 1.807) is 18.7 Å². The number of hydrogen-bond acceptors (Lipinski definition) is 3. The molecule has 1 aromatic carbocycles. The van der Waals surface area contributed by atoms with Gasteiger partial charge in [-0.15, -0.1) is 0 Å². The van der Waals surface area contributed by atoms with Crippen molar-refractivity contribution in [1.29, 1.82) is 0 Å². The molecule has 0 fully saturated rings. The highest BCUT2D eigenvalue weighted by molar-refractivity contribution is 5.62. The van der Waals surface area contributed by atoms with Gasteiger partial charge < -0.3 is 14.7 Å². The van der Waals surface area contributed by atoms with E-state index in [-0.39, 0.29) is 0 Å². The molecule has 3 aromatic rings. The Morgan fingerprint density at radius 3 is 2.83 bits per heavy atom. The summed E-state index contributed by atoms with van der Waals surface area (Å²) < 4.78 is 5.51. The van der Waals surface area contributed by atoms with Gasteiger partial charge >= 0.3 is 0 Å². The van der Waals surface area contributed by atoms with E-state index in [1.165, 1.54) is 0 Å². The molecule has 0 unspecified atom stereocenters. The molecule has 0 saturated heterocycles. The maximum atomic E-state index is 5.51. The molecule has 0 radical (unpaired) electrons. The van der Waals surface area contributed by atoms with Crippen LogP contribution in [0.3, 0.4) is 0 Å². The molecule has 18 heavy (non-hydrogen) atoms. The van der Waals surface area contributed by atoms with Gasteiger partial charge in [-0.25, -0.2) is 4.98 Å². The molecule has 3 rings (SSSR count). The summed E-state index contributed by atoms with van der Waals surface area (Å²) in [6.07, 6.45) is 5.26. The molecule has 2 N–H and O–H groups in total. The normalized spacial score (nSPS) is 10.4. The maximum absolute atomic E-state index is 5.51. The van der Waals surface area contributed by atoms with E-state index >= 15 is 0 Å². The van der Waals surface area contributed by atoms with Crippen LogP contribution in [0.4, 0.5) is 5.95 Å². The van der Waals surface area contributed by atoms with Crippen LogP contribution in [0.15, 0.2) is 59.5 Å². The molecule has 2 heterocycles. The minimum atomic E-state index is 0.611. The Balaban J connectivity index is 1.70. The molecule has 0 atom stereocenters. The summed E-state index contributed by atoms with van der Waals surface area (Å²) in [6.45, 7) is 0.611. The predicted octanol–water partition coefficient (Wildman–Crippen LogP) is 3.28. The van der Waals surface area contributed by atoms with Crippen LogP contribution in [0.1, 0.15) is 5.76 Å². The smallest absolute Gasteiger partial charge is 0.200 e. The van der Waals surface area contributed by atoms with Gasteiger partial charge in [0.1, 0.15) is 5.76 Å². The Kier molecular flexibility index (Phi) is 2.84. The predicted molar refractivity (Wildman–Crippen MR) is 70.1 cm³/mol. The van der Waals surface area contributed by atoms with Gasteiger partial charge in [0.2, 0.25) is 0 Å². The largest absolute Gasteiger partial charge is 0.467 e. The van der Waals surface area contributed by atoms with E-state index in [0.29, 0.717) is 6.54 Å². The minimum Gasteiger partial charge on any atom is -0.467 e. The van der Waals surface area contributed by atoms with E-state index in [1.807, 2.05) is 24.3 Å².